The number of nitrogens with one attached hydrogen (secondary N) is 2. The van der Waals surface area contributed by atoms with Crippen LogP contribution in [-0.2, 0) is 6.54 Å². The molecule has 0 saturated carbocycles. The van der Waals surface area contributed by atoms with E-state index >= 15 is 0 Å². The molecule has 25 heavy (non-hydrogen) atoms. The van der Waals surface area contributed by atoms with Crippen molar-refractivity contribution in [1.82, 2.24) is 20.4 Å². The van der Waals surface area contributed by atoms with Gasteiger partial charge in [0.25, 0.3) is 0 Å². The Bertz CT molecular complexity index is 480. The van der Waals surface area contributed by atoms with Gasteiger partial charge in [-0.05, 0) is 24.9 Å². The van der Waals surface area contributed by atoms with Crippen LogP contribution in [0.5, 0.6) is 0 Å². The van der Waals surface area contributed by atoms with Crippen LogP contribution in [0.1, 0.15) is 31.7 Å². The lowest BCUT2D eigenvalue weighted by Gasteiger charge is -2.34. The Morgan fingerprint density at radius 2 is 1.60 bits per heavy atom. The minimum absolute atomic E-state index is 0.932. The highest BCUT2D eigenvalue weighted by atomic mass is 15.3. The second kappa shape index (κ2) is 11.9. The molecule has 1 aliphatic rings. The number of nitrogens with zero attached hydrogens (tertiary/aromatic N) is 3. The van der Waals surface area contributed by atoms with E-state index < -0.39 is 0 Å². The zero-order valence-corrected chi connectivity index (χ0v) is 16.0. The van der Waals surface area contributed by atoms with Gasteiger partial charge < -0.3 is 15.5 Å². The van der Waals surface area contributed by atoms with Crippen molar-refractivity contribution in [2.24, 2.45) is 4.99 Å². The third-order valence-corrected chi connectivity index (χ3v) is 4.70. The number of guanidine groups is 1. The van der Waals surface area contributed by atoms with Gasteiger partial charge in [0.1, 0.15) is 0 Å². The molecule has 2 rings (SSSR count). The van der Waals surface area contributed by atoms with Crippen molar-refractivity contribution < 1.29 is 0 Å². The van der Waals surface area contributed by atoms with Crippen molar-refractivity contribution in [3.8, 4) is 0 Å². The Kier molecular flexibility index (Phi) is 9.37. The number of rotatable bonds is 9. The number of hydrogen-bond acceptors (Lipinski definition) is 3. The first-order valence-electron chi connectivity index (χ1n) is 9.75. The molecule has 5 heteroatoms. The van der Waals surface area contributed by atoms with Crippen molar-refractivity contribution in [1.29, 1.82) is 0 Å². The molecule has 1 aromatic rings. The molecule has 5 nitrogen and oxygen atoms in total. The molecule has 1 saturated heterocycles. The minimum atomic E-state index is 0.932. The van der Waals surface area contributed by atoms with Gasteiger partial charge in [0.2, 0.25) is 0 Å². The number of aliphatic imine (C=N–C) groups is 1. The van der Waals surface area contributed by atoms with E-state index in [0.717, 1.165) is 38.6 Å². The van der Waals surface area contributed by atoms with Crippen LogP contribution in [0.3, 0.4) is 0 Å². The summed E-state index contributed by atoms with van der Waals surface area (Å²) in [5.41, 5.74) is 1.42. The maximum atomic E-state index is 4.27. The van der Waals surface area contributed by atoms with Gasteiger partial charge in [-0.15, -0.1) is 0 Å². The third kappa shape index (κ3) is 7.88. The fraction of sp³-hybridized carbons (Fsp3) is 0.650. The first-order chi connectivity index (χ1) is 12.3. The van der Waals surface area contributed by atoms with Gasteiger partial charge in [0.15, 0.2) is 5.96 Å². The molecule has 0 aliphatic carbocycles. The molecule has 0 amide bonds. The lowest BCUT2D eigenvalue weighted by Crippen LogP contribution is -2.46. The Labute approximate surface area is 153 Å². The Hall–Kier alpha value is -1.59. The molecule has 1 aliphatic heterocycles. The summed E-state index contributed by atoms with van der Waals surface area (Å²) in [5, 5.41) is 6.77. The summed E-state index contributed by atoms with van der Waals surface area (Å²) in [5.74, 6) is 0.932. The summed E-state index contributed by atoms with van der Waals surface area (Å²) in [6.45, 7) is 11.1. The molecule has 0 aromatic heterocycles. The lowest BCUT2D eigenvalue weighted by molar-refractivity contribution is 0.126. The Morgan fingerprint density at radius 1 is 0.960 bits per heavy atom. The van der Waals surface area contributed by atoms with E-state index in [4.69, 9.17) is 0 Å². The molecule has 0 unspecified atom stereocenters. The van der Waals surface area contributed by atoms with Crippen LogP contribution in [0.2, 0.25) is 0 Å². The van der Waals surface area contributed by atoms with Crippen molar-refractivity contribution in [2.45, 2.75) is 32.7 Å². The minimum Gasteiger partial charge on any atom is -0.356 e. The highest BCUT2D eigenvalue weighted by Crippen LogP contribution is 2.08. The SMILES string of the molecule is CCCCNC(=NC)NCCCN1CCN(Cc2ccccc2)CC1. The molecular formula is C20H35N5. The number of hydrogen-bond donors (Lipinski definition) is 2. The van der Waals surface area contributed by atoms with Crippen LogP contribution in [0.15, 0.2) is 35.3 Å². The van der Waals surface area contributed by atoms with Gasteiger partial charge in [-0.3, -0.25) is 9.89 Å². The van der Waals surface area contributed by atoms with Gasteiger partial charge in [-0.2, -0.15) is 0 Å². The van der Waals surface area contributed by atoms with Gasteiger partial charge >= 0.3 is 0 Å². The standard InChI is InChI=1S/C20H35N5/c1-3-4-11-22-20(21-2)23-12-8-13-24-14-16-25(17-15-24)18-19-9-6-5-7-10-19/h5-7,9-10H,3-4,8,11-18H2,1-2H3,(H2,21,22,23). The van der Waals surface area contributed by atoms with E-state index in [1.807, 2.05) is 7.05 Å². The quantitative estimate of drug-likeness (QED) is 0.409. The van der Waals surface area contributed by atoms with Crippen molar-refractivity contribution in [2.75, 3.05) is 52.9 Å². The normalized spacial score (nSPS) is 16.8. The second-order valence-corrected chi connectivity index (χ2v) is 6.74. The monoisotopic (exact) mass is 345 g/mol. The number of benzene rings is 1. The molecule has 1 fully saturated rings. The van der Waals surface area contributed by atoms with Crippen LogP contribution < -0.4 is 10.6 Å². The van der Waals surface area contributed by atoms with Gasteiger partial charge in [0, 0.05) is 52.9 Å². The third-order valence-electron chi connectivity index (χ3n) is 4.70. The average molecular weight is 346 g/mol. The van der Waals surface area contributed by atoms with E-state index in [0.29, 0.717) is 0 Å². The summed E-state index contributed by atoms with van der Waals surface area (Å²) in [6.07, 6.45) is 3.56. The van der Waals surface area contributed by atoms with E-state index in [9.17, 15) is 0 Å². The highest BCUT2D eigenvalue weighted by molar-refractivity contribution is 5.79. The molecule has 140 valence electrons. The Balaban J connectivity index is 1.55. The predicted molar refractivity (Wildman–Crippen MR) is 107 cm³/mol. The van der Waals surface area contributed by atoms with E-state index in [-0.39, 0.29) is 0 Å². The van der Waals surface area contributed by atoms with Gasteiger partial charge in [0.05, 0.1) is 0 Å². The average Bonchev–Trinajstić information content (AvgIpc) is 2.66. The number of unbranched alkanes of at least 4 members (excludes halogenated alkanes) is 1. The predicted octanol–water partition coefficient (Wildman–Crippen LogP) is 2.16. The van der Waals surface area contributed by atoms with E-state index in [1.54, 1.807) is 0 Å². The fourth-order valence-electron chi connectivity index (χ4n) is 3.13. The maximum absolute atomic E-state index is 4.27. The fourth-order valence-corrected chi connectivity index (χ4v) is 3.13. The van der Waals surface area contributed by atoms with Crippen molar-refractivity contribution >= 4 is 5.96 Å². The Morgan fingerprint density at radius 3 is 2.24 bits per heavy atom. The van der Waals surface area contributed by atoms with Crippen LogP contribution in [0.4, 0.5) is 0 Å². The first-order valence-corrected chi connectivity index (χ1v) is 9.75. The zero-order valence-electron chi connectivity index (χ0n) is 16.0. The zero-order chi connectivity index (χ0) is 17.7. The van der Waals surface area contributed by atoms with Crippen LogP contribution in [0, 0.1) is 0 Å². The summed E-state index contributed by atoms with van der Waals surface area (Å²) < 4.78 is 0. The van der Waals surface area contributed by atoms with Gasteiger partial charge in [-0.1, -0.05) is 43.7 Å². The van der Waals surface area contributed by atoms with Crippen molar-refractivity contribution in [3.63, 3.8) is 0 Å². The molecular weight excluding hydrogens is 310 g/mol. The van der Waals surface area contributed by atoms with E-state index in [2.05, 4.69) is 62.7 Å². The molecule has 0 radical (unpaired) electrons. The smallest absolute Gasteiger partial charge is 0.190 e. The van der Waals surface area contributed by atoms with Crippen molar-refractivity contribution in [3.05, 3.63) is 35.9 Å². The second-order valence-electron chi connectivity index (χ2n) is 6.74. The first kappa shape index (κ1) is 19.7. The van der Waals surface area contributed by atoms with Crippen LogP contribution >= 0.6 is 0 Å². The highest BCUT2D eigenvalue weighted by Gasteiger charge is 2.16. The molecule has 1 heterocycles. The largest absolute Gasteiger partial charge is 0.356 e. The maximum Gasteiger partial charge on any atom is 0.190 e. The summed E-state index contributed by atoms with van der Waals surface area (Å²) in [7, 11) is 1.84. The molecule has 2 N–H and O–H groups in total. The molecule has 0 bridgehead atoms. The number of piperazine rings is 1. The summed E-state index contributed by atoms with van der Waals surface area (Å²) in [6, 6.07) is 10.8. The summed E-state index contributed by atoms with van der Waals surface area (Å²) in [4.78, 5) is 9.41. The molecule has 1 aromatic carbocycles. The van der Waals surface area contributed by atoms with Crippen LogP contribution in [-0.4, -0.2) is 68.6 Å². The summed E-state index contributed by atoms with van der Waals surface area (Å²) >= 11 is 0. The van der Waals surface area contributed by atoms with Gasteiger partial charge in [-0.25, -0.2) is 0 Å². The molecule has 0 atom stereocenters. The van der Waals surface area contributed by atoms with Crippen LogP contribution in [0.25, 0.3) is 0 Å². The topological polar surface area (TPSA) is 42.9 Å². The van der Waals surface area contributed by atoms with E-state index in [1.165, 1.54) is 44.6 Å². The lowest BCUT2D eigenvalue weighted by atomic mass is 10.2. The molecule has 0 spiro atoms.